The fourth-order valence-electron chi connectivity index (χ4n) is 1.10. The van der Waals surface area contributed by atoms with E-state index in [4.69, 9.17) is 9.47 Å². The standard InChI is InChI=1S/C10H12O5/c1-7-6-10(2,15-9(7)12)14-5-4-8(11)13-3/h4-6H,1-3H3/b5-4+. The van der Waals surface area contributed by atoms with E-state index in [0.29, 0.717) is 5.57 Å². The average molecular weight is 212 g/mol. The minimum absolute atomic E-state index is 0.427. The molecule has 0 aromatic heterocycles. The van der Waals surface area contributed by atoms with Crippen LogP contribution >= 0.6 is 0 Å². The van der Waals surface area contributed by atoms with Crippen molar-refractivity contribution in [3.8, 4) is 0 Å². The lowest BCUT2D eigenvalue weighted by Gasteiger charge is -2.19. The van der Waals surface area contributed by atoms with E-state index in [1.807, 2.05) is 0 Å². The minimum atomic E-state index is -1.13. The second kappa shape index (κ2) is 4.16. The second-order valence-electron chi connectivity index (χ2n) is 3.18. The SMILES string of the molecule is COC(=O)/C=C/OC1(C)C=C(C)C(=O)O1. The first kappa shape index (κ1) is 11.3. The predicted molar refractivity (Wildman–Crippen MR) is 50.5 cm³/mol. The molecule has 1 rings (SSSR count). The molecule has 1 aliphatic rings. The Morgan fingerprint density at radius 3 is 2.73 bits per heavy atom. The first-order valence-corrected chi connectivity index (χ1v) is 4.32. The number of hydrogen-bond acceptors (Lipinski definition) is 5. The number of methoxy groups -OCH3 is 1. The van der Waals surface area contributed by atoms with Crippen LogP contribution in [0.3, 0.4) is 0 Å². The fraction of sp³-hybridized carbons (Fsp3) is 0.400. The molecule has 0 saturated heterocycles. The van der Waals surface area contributed by atoms with Gasteiger partial charge in [0.05, 0.1) is 19.4 Å². The Balaban J connectivity index is 2.57. The molecule has 0 radical (unpaired) electrons. The zero-order valence-electron chi connectivity index (χ0n) is 8.77. The molecule has 1 unspecified atom stereocenters. The van der Waals surface area contributed by atoms with E-state index < -0.39 is 17.7 Å². The first-order chi connectivity index (χ1) is 6.97. The molecule has 15 heavy (non-hydrogen) atoms. The number of carbonyl (C=O) groups is 2. The zero-order valence-corrected chi connectivity index (χ0v) is 8.77. The molecule has 0 aliphatic carbocycles. The van der Waals surface area contributed by atoms with Gasteiger partial charge in [-0.2, -0.15) is 0 Å². The molecule has 0 spiro atoms. The normalized spacial score (nSPS) is 25.0. The van der Waals surface area contributed by atoms with Gasteiger partial charge in [0.15, 0.2) is 0 Å². The molecule has 0 N–H and O–H groups in total. The summed E-state index contributed by atoms with van der Waals surface area (Å²) in [4.78, 5) is 21.8. The molecule has 1 heterocycles. The Morgan fingerprint density at radius 2 is 2.27 bits per heavy atom. The minimum Gasteiger partial charge on any atom is -0.466 e. The van der Waals surface area contributed by atoms with Crippen LogP contribution in [0.2, 0.25) is 0 Å². The van der Waals surface area contributed by atoms with Gasteiger partial charge in [0.25, 0.3) is 5.79 Å². The topological polar surface area (TPSA) is 61.8 Å². The molecule has 0 aromatic carbocycles. The van der Waals surface area contributed by atoms with Crippen molar-refractivity contribution >= 4 is 11.9 Å². The second-order valence-corrected chi connectivity index (χ2v) is 3.18. The van der Waals surface area contributed by atoms with Gasteiger partial charge < -0.3 is 14.2 Å². The van der Waals surface area contributed by atoms with Gasteiger partial charge in [0.1, 0.15) is 0 Å². The van der Waals surface area contributed by atoms with E-state index in [9.17, 15) is 9.59 Å². The Bertz CT molecular complexity index is 342. The van der Waals surface area contributed by atoms with Crippen LogP contribution in [0.4, 0.5) is 0 Å². The van der Waals surface area contributed by atoms with E-state index in [2.05, 4.69) is 4.74 Å². The first-order valence-electron chi connectivity index (χ1n) is 4.32. The summed E-state index contributed by atoms with van der Waals surface area (Å²) in [6.07, 6.45) is 3.77. The molecule has 0 fully saturated rings. The van der Waals surface area contributed by atoms with Gasteiger partial charge in [-0.15, -0.1) is 0 Å². The van der Waals surface area contributed by atoms with Crippen molar-refractivity contribution in [3.63, 3.8) is 0 Å². The highest BCUT2D eigenvalue weighted by Gasteiger charge is 2.35. The van der Waals surface area contributed by atoms with Crippen molar-refractivity contribution in [2.75, 3.05) is 7.11 Å². The smallest absolute Gasteiger partial charge is 0.337 e. The van der Waals surface area contributed by atoms with Crippen LogP contribution in [-0.2, 0) is 23.8 Å². The Morgan fingerprint density at radius 1 is 1.60 bits per heavy atom. The van der Waals surface area contributed by atoms with Crippen LogP contribution in [-0.4, -0.2) is 24.8 Å². The Kier molecular flexibility index (Phi) is 3.14. The van der Waals surface area contributed by atoms with Gasteiger partial charge in [-0.1, -0.05) is 0 Å². The highest BCUT2D eigenvalue weighted by atomic mass is 16.7. The molecule has 82 valence electrons. The molecule has 1 aliphatic heterocycles. The third-order valence-corrected chi connectivity index (χ3v) is 1.80. The van der Waals surface area contributed by atoms with E-state index in [-0.39, 0.29) is 0 Å². The summed E-state index contributed by atoms with van der Waals surface area (Å²) in [6.45, 7) is 3.20. The summed E-state index contributed by atoms with van der Waals surface area (Å²) in [7, 11) is 1.26. The highest BCUT2D eigenvalue weighted by Crippen LogP contribution is 2.25. The molecule has 5 nitrogen and oxygen atoms in total. The van der Waals surface area contributed by atoms with E-state index in [0.717, 1.165) is 12.3 Å². The van der Waals surface area contributed by atoms with Gasteiger partial charge in [0.2, 0.25) is 0 Å². The highest BCUT2D eigenvalue weighted by molar-refractivity contribution is 5.90. The molecular weight excluding hydrogens is 200 g/mol. The van der Waals surface area contributed by atoms with Crippen LogP contribution in [0, 0.1) is 0 Å². The summed E-state index contributed by atoms with van der Waals surface area (Å²) in [6, 6.07) is 0. The zero-order chi connectivity index (χ0) is 11.5. The van der Waals surface area contributed by atoms with Crippen LogP contribution in [0.5, 0.6) is 0 Å². The third-order valence-electron chi connectivity index (χ3n) is 1.80. The molecule has 0 bridgehead atoms. The molecule has 5 heteroatoms. The average Bonchev–Trinajstić information content (AvgIpc) is 2.41. The van der Waals surface area contributed by atoms with Crippen LogP contribution in [0.25, 0.3) is 0 Å². The molecular formula is C10H12O5. The lowest BCUT2D eigenvalue weighted by Crippen LogP contribution is -2.25. The van der Waals surface area contributed by atoms with E-state index in [1.165, 1.54) is 13.2 Å². The summed E-state index contributed by atoms with van der Waals surface area (Å²) in [5, 5.41) is 0. The maximum atomic E-state index is 11.1. The summed E-state index contributed by atoms with van der Waals surface area (Å²) >= 11 is 0. The maximum absolute atomic E-state index is 11.1. The number of carbonyl (C=O) groups excluding carboxylic acids is 2. The number of hydrogen-bond donors (Lipinski definition) is 0. The summed E-state index contributed by atoms with van der Waals surface area (Å²) < 4.78 is 14.4. The van der Waals surface area contributed by atoms with Crippen LogP contribution < -0.4 is 0 Å². The molecule has 0 amide bonds. The fourth-order valence-corrected chi connectivity index (χ4v) is 1.10. The summed E-state index contributed by atoms with van der Waals surface area (Å²) in [5.41, 5.74) is 0.476. The maximum Gasteiger partial charge on any atom is 0.337 e. The van der Waals surface area contributed by atoms with Crippen molar-refractivity contribution in [2.45, 2.75) is 19.6 Å². The predicted octanol–water partition coefficient (Wildman–Crippen LogP) is 0.909. The van der Waals surface area contributed by atoms with Crippen molar-refractivity contribution in [3.05, 3.63) is 24.0 Å². The number of ether oxygens (including phenoxy) is 3. The number of rotatable bonds is 3. The monoisotopic (exact) mass is 212 g/mol. The number of cyclic esters (lactones) is 1. The van der Waals surface area contributed by atoms with Gasteiger partial charge in [0, 0.05) is 18.6 Å². The number of esters is 2. The molecule has 1 atom stereocenters. The van der Waals surface area contributed by atoms with Crippen LogP contribution in [0.15, 0.2) is 24.0 Å². The van der Waals surface area contributed by atoms with Gasteiger partial charge in [-0.25, -0.2) is 9.59 Å². The van der Waals surface area contributed by atoms with E-state index >= 15 is 0 Å². The lowest BCUT2D eigenvalue weighted by atomic mass is 10.2. The largest absolute Gasteiger partial charge is 0.466 e. The van der Waals surface area contributed by atoms with Crippen LogP contribution in [0.1, 0.15) is 13.8 Å². The third kappa shape index (κ3) is 2.83. The van der Waals surface area contributed by atoms with Gasteiger partial charge in [-0.3, -0.25) is 0 Å². The molecule has 0 aromatic rings. The van der Waals surface area contributed by atoms with Crippen molar-refractivity contribution < 1.29 is 23.8 Å². The van der Waals surface area contributed by atoms with Crippen molar-refractivity contribution in [2.24, 2.45) is 0 Å². The van der Waals surface area contributed by atoms with Crippen molar-refractivity contribution in [1.82, 2.24) is 0 Å². The Hall–Kier alpha value is -1.78. The van der Waals surface area contributed by atoms with Gasteiger partial charge >= 0.3 is 11.9 Å². The van der Waals surface area contributed by atoms with Gasteiger partial charge in [-0.05, 0) is 6.92 Å². The quantitative estimate of drug-likeness (QED) is 0.395. The molecule has 0 saturated carbocycles. The lowest BCUT2D eigenvalue weighted by molar-refractivity contribution is -0.175. The summed E-state index contributed by atoms with van der Waals surface area (Å²) in [5.74, 6) is -2.10. The van der Waals surface area contributed by atoms with Crippen molar-refractivity contribution in [1.29, 1.82) is 0 Å². The van der Waals surface area contributed by atoms with E-state index in [1.54, 1.807) is 13.8 Å². The Labute approximate surface area is 87.3 Å².